The maximum absolute atomic E-state index is 13.0. The number of fused-ring (bicyclic) bond motifs is 1. The maximum atomic E-state index is 13.0. The van der Waals surface area contributed by atoms with Gasteiger partial charge in [-0.1, -0.05) is 29.4 Å². The molecule has 3 heterocycles. The predicted octanol–water partition coefficient (Wildman–Crippen LogP) is 4.78. The molecule has 0 aliphatic carbocycles. The number of benzene rings is 2. The van der Waals surface area contributed by atoms with Crippen LogP contribution in [0.25, 0.3) is 22.5 Å². The number of halogens is 3. The molecule has 32 heavy (non-hydrogen) atoms. The molecule has 1 aliphatic heterocycles. The lowest BCUT2D eigenvalue weighted by molar-refractivity contribution is -0.137. The number of para-hydroxylation sites is 2. The third-order valence-corrected chi connectivity index (χ3v) is 5.66. The highest BCUT2D eigenvalue weighted by atomic mass is 19.4. The lowest BCUT2D eigenvalue weighted by atomic mass is 10.1. The Morgan fingerprint density at radius 3 is 2.50 bits per heavy atom. The first-order valence-corrected chi connectivity index (χ1v) is 10.2. The van der Waals surface area contributed by atoms with E-state index in [1.807, 2.05) is 31.2 Å². The van der Waals surface area contributed by atoms with Crippen LogP contribution in [0.3, 0.4) is 0 Å². The summed E-state index contributed by atoms with van der Waals surface area (Å²) in [5, 5.41) is 3.90. The number of hydrogen-bond donors (Lipinski definition) is 0. The normalized spacial score (nSPS) is 16.6. The number of hydrogen-bond acceptors (Lipinski definition) is 7. The van der Waals surface area contributed by atoms with Gasteiger partial charge < -0.3 is 13.8 Å². The van der Waals surface area contributed by atoms with Gasteiger partial charge in [-0.05, 0) is 31.2 Å². The molecule has 10 heteroatoms. The Hall–Kier alpha value is -3.40. The highest BCUT2D eigenvalue weighted by molar-refractivity contribution is 5.74. The molecule has 2 aromatic heterocycles. The molecule has 0 radical (unpaired) electrons. The van der Waals surface area contributed by atoms with E-state index in [0.717, 1.165) is 36.3 Å². The predicted molar refractivity (Wildman–Crippen MR) is 111 cm³/mol. The van der Waals surface area contributed by atoms with E-state index in [1.54, 1.807) is 0 Å². The fourth-order valence-corrected chi connectivity index (χ4v) is 3.81. The van der Waals surface area contributed by atoms with Crippen LogP contribution in [0, 0.1) is 0 Å². The van der Waals surface area contributed by atoms with Gasteiger partial charge in [0.2, 0.25) is 11.7 Å². The summed E-state index contributed by atoms with van der Waals surface area (Å²) in [7, 11) is 0. The van der Waals surface area contributed by atoms with Gasteiger partial charge in [-0.25, -0.2) is 0 Å². The molecule has 7 nitrogen and oxygen atoms in total. The molecule has 1 fully saturated rings. The van der Waals surface area contributed by atoms with E-state index in [1.165, 1.54) is 12.1 Å². The second-order valence-corrected chi connectivity index (χ2v) is 7.70. The maximum Gasteiger partial charge on any atom is 0.416 e. The van der Waals surface area contributed by atoms with Crippen molar-refractivity contribution in [2.75, 3.05) is 31.1 Å². The SMILES string of the molecule is C[C@@H](c1nc(-c2cccc(C(F)(F)F)c2)no1)N1CCN(c2nc3ccccc3o2)CC1. The van der Waals surface area contributed by atoms with Gasteiger partial charge in [0.15, 0.2) is 5.58 Å². The van der Waals surface area contributed by atoms with Crippen molar-refractivity contribution < 1.29 is 22.1 Å². The molecule has 0 N–H and O–H groups in total. The van der Waals surface area contributed by atoms with Crippen LogP contribution in [-0.2, 0) is 6.18 Å². The van der Waals surface area contributed by atoms with Crippen LogP contribution in [0.4, 0.5) is 19.2 Å². The molecule has 166 valence electrons. The van der Waals surface area contributed by atoms with E-state index in [2.05, 4.69) is 24.9 Å². The Bertz CT molecular complexity index is 1190. The Labute approximate surface area is 181 Å². The first-order chi connectivity index (χ1) is 15.4. The lowest BCUT2D eigenvalue weighted by Crippen LogP contribution is -2.47. The van der Waals surface area contributed by atoms with Gasteiger partial charge in [-0.2, -0.15) is 23.1 Å². The van der Waals surface area contributed by atoms with Crippen LogP contribution in [0.1, 0.15) is 24.4 Å². The van der Waals surface area contributed by atoms with Crippen LogP contribution in [0.15, 0.2) is 57.5 Å². The zero-order chi connectivity index (χ0) is 22.3. The standard InChI is InChI=1S/C22H20F3N5O2/c1-14(20-27-19(28-32-20)15-5-4-6-16(13-15)22(23,24)25)29-9-11-30(12-10-29)21-26-17-7-2-3-8-18(17)31-21/h2-8,13-14H,9-12H2,1H3/t14-/m0/s1. The molecule has 0 saturated carbocycles. The van der Waals surface area contributed by atoms with E-state index < -0.39 is 11.7 Å². The molecular formula is C22H20F3N5O2. The summed E-state index contributed by atoms with van der Waals surface area (Å²) < 4.78 is 50.2. The number of oxazole rings is 1. The second-order valence-electron chi connectivity index (χ2n) is 7.70. The van der Waals surface area contributed by atoms with Crippen molar-refractivity contribution in [3.8, 4) is 11.4 Å². The molecule has 5 rings (SSSR count). The van der Waals surface area contributed by atoms with Crippen molar-refractivity contribution in [1.82, 2.24) is 20.0 Å². The summed E-state index contributed by atoms with van der Waals surface area (Å²) in [6.45, 7) is 4.82. The second kappa shape index (κ2) is 7.94. The average Bonchev–Trinajstić information content (AvgIpc) is 3.46. The quantitative estimate of drug-likeness (QED) is 0.450. The van der Waals surface area contributed by atoms with Crippen LogP contribution >= 0.6 is 0 Å². The molecule has 2 aromatic carbocycles. The summed E-state index contributed by atoms with van der Waals surface area (Å²) in [4.78, 5) is 13.2. The van der Waals surface area contributed by atoms with E-state index in [9.17, 15) is 13.2 Å². The smallest absolute Gasteiger partial charge is 0.416 e. The highest BCUT2D eigenvalue weighted by Crippen LogP contribution is 2.32. The van der Waals surface area contributed by atoms with Crippen molar-refractivity contribution in [2.45, 2.75) is 19.1 Å². The number of piperazine rings is 1. The molecule has 4 aromatic rings. The number of rotatable bonds is 4. The highest BCUT2D eigenvalue weighted by Gasteiger charge is 2.31. The van der Waals surface area contributed by atoms with E-state index in [4.69, 9.17) is 8.94 Å². The van der Waals surface area contributed by atoms with Gasteiger partial charge in [-0.3, -0.25) is 4.90 Å². The van der Waals surface area contributed by atoms with Gasteiger partial charge >= 0.3 is 6.18 Å². The Morgan fingerprint density at radius 2 is 1.75 bits per heavy atom. The van der Waals surface area contributed by atoms with Gasteiger partial charge in [0.05, 0.1) is 11.6 Å². The van der Waals surface area contributed by atoms with Crippen molar-refractivity contribution in [3.63, 3.8) is 0 Å². The number of anilines is 1. The number of nitrogens with zero attached hydrogens (tertiary/aromatic N) is 5. The van der Waals surface area contributed by atoms with Crippen LogP contribution in [0.2, 0.25) is 0 Å². The van der Waals surface area contributed by atoms with Crippen molar-refractivity contribution >= 4 is 17.1 Å². The summed E-state index contributed by atoms with van der Waals surface area (Å²) in [5.41, 5.74) is 1.10. The third-order valence-electron chi connectivity index (χ3n) is 5.66. The molecule has 1 saturated heterocycles. The molecule has 0 spiro atoms. The van der Waals surface area contributed by atoms with Crippen molar-refractivity contribution in [1.29, 1.82) is 0 Å². The van der Waals surface area contributed by atoms with E-state index >= 15 is 0 Å². The van der Waals surface area contributed by atoms with Crippen LogP contribution in [0.5, 0.6) is 0 Å². The Morgan fingerprint density at radius 1 is 0.969 bits per heavy atom. The zero-order valence-corrected chi connectivity index (χ0v) is 17.2. The summed E-state index contributed by atoms with van der Waals surface area (Å²) in [6.07, 6.45) is -4.43. The average molecular weight is 443 g/mol. The first kappa shape index (κ1) is 20.5. The fourth-order valence-electron chi connectivity index (χ4n) is 3.81. The lowest BCUT2D eigenvalue weighted by Gasteiger charge is -2.35. The van der Waals surface area contributed by atoms with E-state index in [0.29, 0.717) is 25.0 Å². The minimum atomic E-state index is -4.43. The van der Waals surface area contributed by atoms with E-state index in [-0.39, 0.29) is 17.4 Å². The molecule has 1 atom stereocenters. The zero-order valence-electron chi connectivity index (χ0n) is 17.2. The fraction of sp³-hybridized carbons (Fsp3) is 0.318. The van der Waals surface area contributed by atoms with Crippen molar-refractivity contribution in [2.24, 2.45) is 0 Å². The topological polar surface area (TPSA) is 71.4 Å². The summed E-state index contributed by atoms with van der Waals surface area (Å²) >= 11 is 0. The minimum absolute atomic E-state index is 0.142. The third kappa shape index (κ3) is 3.93. The number of alkyl halides is 3. The number of aromatic nitrogens is 3. The van der Waals surface area contributed by atoms with Gasteiger partial charge in [0.25, 0.3) is 6.01 Å². The van der Waals surface area contributed by atoms with Crippen molar-refractivity contribution in [3.05, 3.63) is 60.0 Å². The molecule has 0 unspecified atom stereocenters. The van der Waals surface area contributed by atoms with Gasteiger partial charge in [0, 0.05) is 31.7 Å². The van der Waals surface area contributed by atoms with Gasteiger partial charge in [0.1, 0.15) is 5.52 Å². The monoisotopic (exact) mass is 443 g/mol. The van der Waals surface area contributed by atoms with Crippen LogP contribution in [-0.4, -0.2) is 46.2 Å². The van der Waals surface area contributed by atoms with Crippen LogP contribution < -0.4 is 4.90 Å². The van der Waals surface area contributed by atoms with Gasteiger partial charge in [-0.15, -0.1) is 0 Å². The molecule has 0 bridgehead atoms. The summed E-state index contributed by atoms with van der Waals surface area (Å²) in [5.74, 6) is 0.510. The molecule has 0 amide bonds. The minimum Gasteiger partial charge on any atom is -0.423 e. The molecule has 1 aliphatic rings. The molecular weight excluding hydrogens is 423 g/mol. The largest absolute Gasteiger partial charge is 0.423 e. The summed E-state index contributed by atoms with van der Waals surface area (Å²) in [6, 6.07) is 13.0. The Kier molecular flexibility index (Phi) is 5.09. The Balaban J connectivity index is 1.26. The first-order valence-electron chi connectivity index (χ1n) is 10.2.